The second-order valence-corrected chi connectivity index (χ2v) is 4.29. The number of rotatable bonds is 7. The highest BCUT2D eigenvalue weighted by atomic mass is 16.5. The Morgan fingerprint density at radius 3 is 2.56 bits per heavy atom. The summed E-state index contributed by atoms with van der Waals surface area (Å²) in [6.45, 7) is 3.45. The largest absolute Gasteiger partial charge is 0.497 e. The summed E-state index contributed by atoms with van der Waals surface area (Å²) in [6, 6.07) is 7.09. The molecule has 3 N–H and O–H groups in total. The molecule has 0 aliphatic rings. The molecule has 0 heterocycles. The second-order valence-electron chi connectivity index (χ2n) is 4.29. The van der Waals surface area contributed by atoms with Crippen LogP contribution in [0.15, 0.2) is 24.3 Å². The molecular weight excluding hydrogens is 228 g/mol. The van der Waals surface area contributed by atoms with Gasteiger partial charge in [-0.05, 0) is 43.1 Å². The van der Waals surface area contributed by atoms with E-state index in [0.717, 1.165) is 18.6 Å². The fourth-order valence-electron chi connectivity index (χ4n) is 1.77. The van der Waals surface area contributed by atoms with Crippen LogP contribution in [0.3, 0.4) is 0 Å². The minimum atomic E-state index is -0.0480. The zero-order chi connectivity index (χ0) is 13.4. The highest BCUT2D eigenvalue weighted by molar-refractivity contribution is 5.94. The van der Waals surface area contributed by atoms with Gasteiger partial charge in [-0.1, -0.05) is 13.3 Å². The molecule has 0 spiro atoms. The average molecular weight is 250 g/mol. The Balaban J connectivity index is 2.48. The van der Waals surface area contributed by atoms with E-state index < -0.39 is 0 Å². The summed E-state index contributed by atoms with van der Waals surface area (Å²) in [6.07, 6.45) is 1.97. The Morgan fingerprint density at radius 1 is 1.39 bits per heavy atom. The van der Waals surface area contributed by atoms with E-state index in [4.69, 9.17) is 10.5 Å². The summed E-state index contributed by atoms with van der Waals surface area (Å²) < 4.78 is 5.05. The van der Waals surface area contributed by atoms with Crippen molar-refractivity contribution in [3.8, 4) is 5.75 Å². The number of nitrogens with two attached hydrogens (primary N) is 1. The van der Waals surface area contributed by atoms with Crippen molar-refractivity contribution in [2.45, 2.75) is 19.8 Å². The van der Waals surface area contributed by atoms with Crippen LogP contribution in [-0.4, -0.2) is 26.1 Å². The molecule has 0 bridgehead atoms. The predicted molar refractivity (Wildman–Crippen MR) is 72.8 cm³/mol. The van der Waals surface area contributed by atoms with Crippen molar-refractivity contribution < 1.29 is 9.53 Å². The van der Waals surface area contributed by atoms with Gasteiger partial charge >= 0.3 is 0 Å². The third-order valence-electron chi connectivity index (χ3n) is 3.06. The molecule has 100 valence electrons. The van der Waals surface area contributed by atoms with Crippen molar-refractivity contribution in [2.24, 2.45) is 11.7 Å². The summed E-state index contributed by atoms with van der Waals surface area (Å²) >= 11 is 0. The smallest absolute Gasteiger partial charge is 0.251 e. The minimum Gasteiger partial charge on any atom is -0.497 e. The summed E-state index contributed by atoms with van der Waals surface area (Å²) in [7, 11) is 1.60. The van der Waals surface area contributed by atoms with Crippen LogP contribution in [0.1, 0.15) is 30.1 Å². The first kappa shape index (κ1) is 14.5. The number of carbonyl (C=O) groups excluding carboxylic acids is 1. The van der Waals surface area contributed by atoms with Crippen molar-refractivity contribution in [1.82, 2.24) is 5.32 Å². The molecule has 0 saturated carbocycles. The van der Waals surface area contributed by atoms with Gasteiger partial charge in [0.05, 0.1) is 7.11 Å². The Hall–Kier alpha value is -1.55. The van der Waals surface area contributed by atoms with E-state index in [9.17, 15) is 4.79 Å². The second kappa shape index (κ2) is 7.71. The number of ether oxygens (including phenoxy) is 1. The zero-order valence-electron chi connectivity index (χ0n) is 11.1. The molecule has 4 nitrogen and oxygen atoms in total. The molecule has 1 rings (SSSR count). The van der Waals surface area contributed by atoms with E-state index in [0.29, 0.717) is 24.6 Å². The fraction of sp³-hybridized carbons (Fsp3) is 0.500. The third-order valence-corrected chi connectivity index (χ3v) is 3.06. The molecule has 1 aromatic rings. The van der Waals surface area contributed by atoms with Gasteiger partial charge in [-0.3, -0.25) is 4.79 Å². The van der Waals surface area contributed by atoms with Gasteiger partial charge in [0, 0.05) is 12.1 Å². The van der Waals surface area contributed by atoms with Gasteiger partial charge in [0.2, 0.25) is 0 Å². The van der Waals surface area contributed by atoms with Gasteiger partial charge in [0.25, 0.3) is 5.91 Å². The topological polar surface area (TPSA) is 64.3 Å². The number of hydrogen-bond acceptors (Lipinski definition) is 3. The summed E-state index contributed by atoms with van der Waals surface area (Å²) in [5, 5.41) is 2.94. The lowest BCUT2D eigenvalue weighted by Crippen LogP contribution is -2.30. The number of carbonyl (C=O) groups is 1. The molecule has 1 aromatic carbocycles. The number of hydrogen-bond donors (Lipinski definition) is 2. The Bertz CT molecular complexity index is 363. The standard InChI is InChI=1S/C14H22N2O2/c1-3-11(8-9-15)10-16-14(17)12-4-6-13(18-2)7-5-12/h4-7,11H,3,8-10,15H2,1-2H3,(H,16,17). The minimum absolute atomic E-state index is 0.0480. The first-order valence-electron chi connectivity index (χ1n) is 6.33. The van der Waals surface area contributed by atoms with E-state index >= 15 is 0 Å². The average Bonchev–Trinajstić information content (AvgIpc) is 2.43. The fourth-order valence-corrected chi connectivity index (χ4v) is 1.77. The van der Waals surface area contributed by atoms with Crippen LogP contribution in [-0.2, 0) is 0 Å². The van der Waals surface area contributed by atoms with Gasteiger partial charge in [-0.2, -0.15) is 0 Å². The Kier molecular flexibility index (Phi) is 6.22. The normalized spacial score (nSPS) is 11.9. The molecule has 0 radical (unpaired) electrons. The molecule has 0 aromatic heterocycles. The van der Waals surface area contributed by atoms with E-state index in [-0.39, 0.29) is 5.91 Å². The summed E-state index contributed by atoms with van der Waals surface area (Å²) in [5.41, 5.74) is 6.18. The highest BCUT2D eigenvalue weighted by Crippen LogP contribution is 2.11. The first-order valence-corrected chi connectivity index (χ1v) is 6.33. The molecule has 0 aliphatic heterocycles. The molecule has 0 saturated heterocycles. The van der Waals surface area contributed by atoms with Crippen molar-refractivity contribution in [2.75, 3.05) is 20.2 Å². The molecular formula is C14H22N2O2. The van der Waals surface area contributed by atoms with Gasteiger partial charge in [-0.25, -0.2) is 0 Å². The van der Waals surface area contributed by atoms with Crippen LogP contribution < -0.4 is 15.8 Å². The van der Waals surface area contributed by atoms with Crippen LogP contribution in [0.25, 0.3) is 0 Å². The van der Waals surface area contributed by atoms with E-state index in [1.165, 1.54) is 0 Å². The monoisotopic (exact) mass is 250 g/mol. The van der Waals surface area contributed by atoms with Crippen molar-refractivity contribution >= 4 is 5.91 Å². The summed E-state index contributed by atoms with van der Waals surface area (Å²) in [4.78, 5) is 11.9. The van der Waals surface area contributed by atoms with Crippen molar-refractivity contribution in [1.29, 1.82) is 0 Å². The maximum atomic E-state index is 11.9. The number of amides is 1. The molecule has 1 unspecified atom stereocenters. The molecule has 18 heavy (non-hydrogen) atoms. The number of nitrogens with one attached hydrogen (secondary N) is 1. The SMILES string of the molecule is CCC(CCN)CNC(=O)c1ccc(OC)cc1. The van der Waals surface area contributed by atoms with Crippen LogP contribution in [0, 0.1) is 5.92 Å². The molecule has 1 amide bonds. The number of benzene rings is 1. The van der Waals surface area contributed by atoms with Crippen LogP contribution in [0.5, 0.6) is 5.75 Å². The summed E-state index contributed by atoms with van der Waals surface area (Å²) in [5.74, 6) is 1.16. The third kappa shape index (κ3) is 4.37. The maximum Gasteiger partial charge on any atom is 0.251 e. The first-order chi connectivity index (χ1) is 8.71. The quantitative estimate of drug-likeness (QED) is 0.775. The van der Waals surface area contributed by atoms with E-state index in [2.05, 4.69) is 12.2 Å². The zero-order valence-corrected chi connectivity index (χ0v) is 11.1. The van der Waals surface area contributed by atoms with Crippen LogP contribution in [0.2, 0.25) is 0 Å². The highest BCUT2D eigenvalue weighted by Gasteiger charge is 2.09. The lowest BCUT2D eigenvalue weighted by atomic mass is 10.0. The van der Waals surface area contributed by atoms with Crippen molar-refractivity contribution in [3.05, 3.63) is 29.8 Å². The Labute approximate surface area is 109 Å². The molecule has 0 fully saturated rings. The van der Waals surface area contributed by atoms with Crippen LogP contribution in [0.4, 0.5) is 0 Å². The lowest BCUT2D eigenvalue weighted by molar-refractivity contribution is 0.0946. The van der Waals surface area contributed by atoms with Gasteiger partial charge < -0.3 is 15.8 Å². The molecule has 4 heteroatoms. The van der Waals surface area contributed by atoms with E-state index in [1.54, 1.807) is 31.4 Å². The Morgan fingerprint density at radius 2 is 2.06 bits per heavy atom. The van der Waals surface area contributed by atoms with Crippen molar-refractivity contribution in [3.63, 3.8) is 0 Å². The molecule has 0 aliphatic carbocycles. The maximum absolute atomic E-state index is 11.9. The van der Waals surface area contributed by atoms with Gasteiger partial charge in [-0.15, -0.1) is 0 Å². The van der Waals surface area contributed by atoms with E-state index in [1.807, 2.05) is 0 Å². The predicted octanol–water partition coefficient (Wildman–Crippen LogP) is 1.80. The van der Waals surface area contributed by atoms with Gasteiger partial charge in [0.15, 0.2) is 0 Å². The molecule has 1 atom stereocenters. The van der Waals surface area contributed by atoms with Crippen LogP contribution >= 0.6 is 0 Å². The lowest BCUT2D eigenvalue weighted by Gasteiger charge is -2.14. The number of methoxy groups -OCH3 is 1. The van der Waals surface area contributed by atoms with Gasteiger partial charge in [0.1, 0.15) is 5.75 Å².